The van der Waals surface area contributed by atoms with Gasteiger partial charge in [-0.05, 0) is 12.1 Å². The third-order valence-electron chi connectivity index (χ3n) is 1.87. The predicted molar refractivity (Wildman–Crippen MR) is 56.5 cm³/mol. The van der Waals surface area contributed by atoms with Crippen LogP contribution in [0.25, 0.3) is 0 Å². The lowest BCUT2D eigenvalue weighted by atomic mass is 10.2. The maximum absolute atomic E-state index is 8.87. The first-order chi connectivity index (χ1) is 7.40. The number of anilines is 2. The van der Waals surface area contributed by atoms with Gasteiger partial charge in [0, 0.05) is 12.4 Å². The van der Waals surface area contributed by atoms with Gasteiger partial charge in [-0.2, -0.15) is 5.26 Å². The second-order valence-corrected chi connectivity index (χ2v) is 2.87. The second kappa shape index (κ2) is 4.20. The SMILES string of the molecule is N#Cc1ccccc1Nc1cnccn1. The molecule has 0 aliphatic rings. The van der Waals surface area contributed by atoms with Gasteiger partial charge < -0.3 is 5.32 Å². The Hall–Kier alpha value is -2.41. The van der Waals surface area contributed by atoms with E-state index in [1.54, 1.807) is 24.7 Å². The van der Waals surface area contributed by atoms with Crippen molar-refractivity contribution in [2.75, 3.05) is 5.32 Å². The third-order valence-corrected chi connectivity index (χ3v) is 1.87. The van der Waals surface area contributed by atoms with Crippen LogP contribution in [0.15, 0.2) is 42.9 Å². The van der Waals surface area contributed by atoms with E-state index in [0.29, 0.717) is 11.4 Å². The molecule has 1 aromatic carbocycles. The van der Waals surface area contributed by atoms with E-state index in [2.05, 4.69) is 21.4 Å². The summed E-state index contributed by atoms with van der Waals surface area (Å²) in [4.78, 5) is 7.99. The highest BCUT2D eigenvalue weighted by molar-refractivity contribution is 5.63. The lowest BCUT2D eigenvalue weighted by Crippen LogP contribution is -1.95. The van der Waals surface area contributed by atoms with Crippen LogP contribution in [0, 0.1) is 11.3 Å². The van der Waals surface area contributed by atoms with E-state index in [0.717, 1.165) is 5.69 Å². The molecule has 0 radical (unpaired) electrons. The Morgan fingerprint density at radius 1 is 1.20 bits per heavy atom. The van der Waals surface area contributed by atoms with Crippen molar-refractivity contribution in [3.63, 3.8) is 0 Å². The minimum atomic E-state index is 0.586. The number of nitrogens with zero attached hydrogens (tertiary/aromatic N) is 3. The second-order valence-electron chi connectivity index (χ2n) is 2.87. The molecule has 4 nitrogen and oxygen atoms in total. The van der Waals surface area contributed by atoms with Crippen LogP contribution in [0.5, 0.6) is 0 Å². The fraction of sp³-hybridized carbons (Fsp3) is 0. The molecule has 0 saturated carbocycles. The van der Waals surface area contributed by atoms with Gasteiger partial charge in [-0.3, -0.25) is 4.98 Å². The normalized spacial score (nSPS) is 9.27. The van der Waals surface area contributed by atoms with Crippen molar-refractivity contribution < 1.29 is 0 Å². The van der Waals surface area contributed by atoms with Gasteiger partial charge in [0.25, 0.3) is 0 Å². The molecule has 0 spiro atoms. The van der Waals surface area contributed by atoms with E-state index < -0.39 is 0 Å². The van der Waals surface area contributed by atoms with Crippen molar-refractivity contribution in [3.8, 4) is 6.07 Å². The van der Waals surface area contributed by atoms with Gasteiger partial charge in [-0.15, -0.1) is 0 Å². The van der Waals surface area contributed by atoms with Gasteiger partial charge >= 0.3 is 0 Å². The topological polar surface area (TPSA) is 61.6 Å². The van der Waals surface area contributed by atoms with Crippen molar-refractivity contribution in [1.82, 2.24) is 9.97 Å². The van der Waals surface area contributed by atoms with E-state index in [1.165, 1.54) is 0 Å². The average molecular weight is 196 g/mol. The molecule has 2 rings (SSSR count). The molecule has 0 amide bonds. The number of hydrogen-bond acceptors (Lipinski definition) is 4. The van der Waals surface area contributed by atoms with Crippen LogP contribution in [-0.4, -0.2) is 9.97 Å². The number of benzene rings is 1. The number of aromatic nitrogens is 2. The quantitative estimate of drug-likeness (QED) is 0.798. The summed E-state index contributed by atoms with van der Waals surface area (Å²) < 4.78 is 0. The minimum Gasteiger partial charge on any atom is -0.338 e. The first-order valence-corrected chi connectivity index (χ1v) is 4.42. The molecule has 72 valence electrons. The zero-order valence-corrected chi connectivity index (χ0v) is 7.88. The molecule has 0 aliphatic heterocycles. The van der Waals surface area contributed by atoms with Crippen molar-refractivity contribution in [1.29, 1.82) is 5.26 Å². The molecule has 0 aliphatic carbocycles. The molecule has 1 N–H and O–H groups in total. The van der Waals surface area contributed by atoms with E-state index in [1.807, 2.05) is 18.2 Å². The van der Waals surface area contributed by atoms with Gasteiger partial charge in [0.2, 0.25) is 0 Å². The predicted octanol–water partition coefficient (Wildman–Crippen LogP) is 2.09. The standard InChI is InChI=1S/C11H8N4/c12-7-9-3-1-2-4-10(9)15-11-8-13-5-6-14-11/h1-6,8H,(H,14,15). The summed E-state index contributed by atoms with van der Waals surface area (Å²) in [6.45, 7) is 0. The number of nitrogens with one attached hydrogen (secondary N) is 1. The third kappa shape index (κ3) is 2.09. The fourth-order valence-electron chi connectivity index (χ4n) is 1.19. The molecule has 1 heterocycles. The summed E-state index contributed by atoms with van der Waals surface area (Å²) >= 11 is 0. The van der Waals surface area contributed by atoms with E-state index in [4.69, 9.17) is 5.26 Å². The Bertz CT molecular complexity index is 487. The molecule has 0 unspecified atom stereocenters. The molecule has 2 aromatic rings. The van der Waals surface area contributed by atoms with Crippen LogP contribution >= 0.6 is 0 Å². The monoisotopic (exact) mass is 196 g/mol. The molecule has 0 atom stereocenters. The van der Waals surface area contributed by atoms with E-state index >= 15 is 0 Å². The summed E-state index contributed by atoms with van der Waals surface area (Å²) in [6, 6.07) is 9.36. The summed E-state index contributed by atoms with van der Waals surface area (Å²) in [7, 11) is 0. The summed E-state index contributed by atoms with van der Waals surface area (Å²) in [5.74, 6) is 0.625. The van der Waals surface area contributed by atoms with Gasteiger partial charge in [0.1, 0.15) is 11.9 Å². The zero-order valence-electron chi connectivity index (χ0n) is 7.88. The zero-order chi connectivity index (χ0) is 10.5. The lowest BCUT2D eigenvalue weighted by molar-refractivity contribution is 1.20. The molecule has 0 saturated heterocycles. The highest BCUT2D eigenvalue weighted by Crippen LogP contribution is 2.17. The van der Waals surface area contributed by atoms with Crippen LogP contribution in [0.1, 0.15) is 5.56 Å². The van der Waals surface area contributed by atoms with Gasteiger partial charge in [-0.25, -0.2) is 4.98 Å². The highest BCUT2D eigenvalue weighted by Gasteiger charge is 2.00. The molecular formula is C11H8N4. The van der Waals surface area contributed by atoms with Crippen molar-refractivity contribution in [2.45, 2.75) is 0 Å². The molecule has 1 aromatic heterocycles. The molecule has 0 fully saturated rings. The largest absolute Gasteiger partial charge is 0.338 e. The Morgan fingerprint density at radius 3 is 2.80 bits per heavy atom. The van der Waals surface area contributed by atoms with Gasteiger partial charge in [0.05, 0.1) is 17.4 Å². The number of rotatable bonds is 2. The van der Waals surface area contributed by atoms with Crippen LogP contribution < -0.4 is 5.32 Å². The lowest BCUT2D eigenvalue weighted by Gasteiger charge is -2.05. The van der Waals surface area contributed by atoms with Crippen LogP contribution in [0.2, 0.25) is 0 Å². The van der Waals surface area contributed by atoms with Crippen LogP contribution in [0.3, 0.4) is 0 Å². The smallest absolute Gasteiger partial charge is 0.148 e. The first kappa shape index (κ1) is 9.16. The Morgan fingerprint density at radius 2 is 2.07 bits per heavy atom. The van der Waals surface area contributed by atoms with Crippen molar-refractivity contribution in [3.05, 3.63) is 48.4 Å². The summed E-state index contributed by atoms with van der Waals surface area (Å²) in [5.41, 5.74) is 1.32. The average Bonchev–Trinajstić information content (AvgIpc) is 2.31. The highest BCUT2D eigenvalue weighted by atomic mass is 15.0. The minimum absolute atomic E-state index is 0.586. The molecule has 0 bridgehead atoms. The fourth-order valence-corrected chi connectivity index (χ4v) is 1.19. The Kier molecular flexibility index (Phi) is 2.56. The summed E-state index contributed by atoms with van der Waals surface area (Å²) in [5, 5.41) is 11.9. The summed E-state index contributed by atoms with van der Waals surface area (Å²) in [6.07, 6.45) is 4.80. The van der Waals surface area contributed by atoms with E-state index in [9.17, 15) is 0 Å². The maximum Gasteiger partial charge on any atom is 0.148 e. The maximum atomic E-state index is 8.87. The number of hydrogen-bond donors (Lipinski definition) is 1. The first-order valence-electron chi connectivity index (χ1n) is 4.42. The number of nitriles is 1. The Labute approximate surface area is 87.2 Å². The number of para-hydroxylation sites is 1. The molecule has 15 heavy (non-hydrogen) atoms. The molecule has 4 heteroatoms. The van der Waals surface area contributed by atoms with Crippen molar-refractivity contribution in [2.24, 2.45) is 0 Å². The van der Waals surface area contributed by atoms with Gasteiger partial charge in [-0.1, -0.05) is 12.1 Å². The Balaban J connectivity index is 2.29. The van der Waals surface area contributed by atoms with Gasteiger partial charge in [0.15, 0.2) is 0 Å². The van der Waals surface area contributed by atoms with Crippen molar-refractivity contribution >= 4 is 11.5 Å². The molecular weight excluding hydrogens is 188 g/mol. The van der Waals surface area contributed by atoms with Crippen LogP contribution in [-0.2, 0) is 0 Å². The van der Waals surface area contributed by atoms with E-state index in [-0.39, 0.29) is 0 Å². The van der Waals surface area contributed by atoms with Crippen LogP contribution in [0.4, 0.5) is 11.5 Å².